The van der Waals surface area contributed by atoms with Gasteiger partial charge in [0, 0.05) is 12.1 Å². The predicted octanol–water partition coefficient (Wildman–Crippen LogP) is 2.52. The minimum atomic E-state index is 0.856. The maximum Gasteiger partial charge on any atom is 0.0172 e. The standard InChI is InChI=1S/C12H21N/c1-4-8-6-11(13(8)3)12-7-10(12)9(12)5-2/h8-11H,4-7H2,1-3H3. The van der Waals surface area contributed by atoms with Crippen LogP contribution in [0.3, 0.4) is 0 Å². The Labute approximate surface area is 81.5 Å². The van der Waals surface area contributed by atoms with Crippen molar-refractivity contribution in [2.45, 2.75) is 51.6 Å². The normalized spacial score (nSPS) is 58.4. The van der Waals surface area contributed by atoms with Gasteiger partial charge in [0.15, 0.2) is 0 Å². The first-order valence-corrected chi connectivity index (χ1v) is 5.97. The molecule has 5 unspecified atom stereocenters. The number of hydrogen-bond donors (Lipinski definition) is 0. The molecule has 1 heteroatoms. The third-order valence-electron chi connectivity index (χ3n) is 5.27. The Morgan fingerprint density at radius 1 is 1.31 bits per heavy atom. The summed E-state index contributed by atoms with van der Waals surface area (Å²) < 4.78 is 0. The maximum absolute atomic E-state index is 2.66. The number of hydrogen-bond acceptors (Lipinski definition) is 1. The number of fused-ring (bicyclic) bond motifs is 1. The average molecular weight is 179 g/mol. The first kappa shape index (κ1) is 8.28. The lowest BCUT2D eigenvalue weighted by Gasteiger charge is -2.49. The minimum Gasteiger partial charge on any atom is -0.300 e. The van der Waals surface area contributed by atoms with E-state index in [1.807, 2.05) is 0 Å². The Bertz CT molecular complexity index is 237. The molecule has 3 rings (SSSR count). The van der Waals surface area contributed by atoms with Gasteiger partial charge in [0.2, 0.25) is 0 Å². The Kier molecular flexibility index (Phi) is 1.47. The molecule has 0 spiro atoms. The lowest BCUT2D eigenvalue weighted by molar-refractivity contribution is 0.00336. The zero-order chi connectivity index (χ0) is 9.22. The molecule has 74 valence electrons. The highest BCUT2D eigenvalue weighted by Crippen LogP contribution is 2.84. The molecule has 0 aromatic heterocycles. The van der Waals surface area contributed by atoms with Gasteiger partial charge in [0.25, 0.3) is 0 Å². The van der Waals surface area contributed by atoms with Gasteiger partial charge in [-0.25, -0.2) is 0 Å². The van der Waals surface area contributed by atoms with Crippen LogP contribution in [0.1, 0.15) is 39.5 Å². The van der Waals surface area contributed by atoms with Crippen molar-refractivity contribution in [1.82, 2.24) is 4.90 Å². The highest BCUT2D eigenvalue weighted by molar-refractivity contribution is 5.31. The van der Waals surface area contributed by atoms with Crippen molar-refractivity contribution in [3.63, 3.8) is 0 Å². The van der Waals surface area contributed by atoms with Gasteiger partial charge in [-0.05, 0) is 43.6 Å². The van der Waals surface area contributed by atoms with Crippen LogP contribution in [0.2, 0.25) is 0 Å². The molecule has 0 aromatic carbocycles. The van der Waals surface area contributed by atoms with Gasteiger partial charge < -0.3 is 0 Å². The summed E-state index contributed by atoms with van der Waals surface area (Å²) in [6.45, 7) is 4.69. The quantitative estimate of drug-likeness (QED) is 0.643. The molecule has 1 saturated heterocycles. The molecule has 1 nitrogen and oxygen atoms in total. The summed E-state index contributed by atoms with van der Waals surface area (Å²) in [6, 6.07) is 1.89. The van der Waals surface area contributed by atoms with Gasteiger partial charge in [-0.1, -0.05) is 20.3 Å². The summed E-state index contributed by atoms with van der Waals surface area (Å²) >= 11 is 0. The lowest BCUT2D eigenvalue weighted by Crippen LogP contribution is -2.56. The van der Waals surface area contributed by atoms with Crippen molar-refractivity contribution in [3.05, 3.63) is 0 Å². The second-order valence-electron chi connectivity index (χ2n) is 5.42. The number of nitrogens with zero attached hydrogens (tertiary/aromatic N) is 1. The van der Waals surface area contributed by atoms with Crippen LogP contribution in [0.25, 0.3) is 0 Å². The third kappa shape index (κ3) is 0.782. The van der Waals surface area contributed by atoms with E-state index < -0.39 is 0 Å². The van der Waals surface area contributed by atoms with E-state index in [0.717, 1.165) is 29.3 Å². The lowest BCUT2D eigenvalue weighted by atomic mass is 9.82. The SMILES string of the molecule is CCC1CC(C23CC2C3CC)N1C. The number of rotatable bonds is 3. The zero-order valence-corrected chi connectivity index (χ0v) is 9.09. The smallest absolute Gasteiger partial charge is 0.0172 e. The van der Waals surface area contributed by atoms with Crippen molar-refractivity contribution in [3.8, 4) is 0 Å². The molecule has 1 heterocycles. The summed E-state index contributed by atoms with van der Waals surface area (Å²) in [5.74, 6) is 2.28. The molecule has 0 amide bonds. The fraction of sp³-hybridized carbons (Fsp3) is 1.00. The van der Waals surface area contributed by atoms with Crippen LogP contribution in [0.5, 0.6) is 0 Å². The topological polar surface area (TPSA) is 3.24 Å². The first-order valence-electron chi connectivity index (χ1n) is 5.97. The highest BCUT2D eigenvalue weighted by Gasteiger charge is 2.81. The van der Waals surface area contributed by atoms with E-state index in [1.54, 1.807) is 6.42 Å². The van der Waals surface area contributed by atoms with Crippen LogP contribution in [-0.2, 0) is 0 Å². The molecule has 1 aliphatic heterocycles. The summed E-state index contributed by atoms with van der Waals surface area (Å²) in [7, 11) is 2.34. The fourth-order valence-corrected chi connectivity index (χ4v) is 4.14. The van der Waals surface area contributed by atoms with E-state index in [2.05, 4.69) is 25.8 Å². The average Bonchev–Trinajstić information content (AvgIpc) is 2.92. The largest absolute Gasteiger partial charge is 0.300 e. The van der Waals surface area contributed by atoms with Crippen LogP contribution in [0, 0.1) is 17.3 Å². The molecule has 0 N–H and O–H groups in total. The monoisotopic (exact) mass is 179 g/mol. The summed E-state index contributed by atoms with van der Waals surface area (Å²) in [6.07, 6.45) is 5.85. The van der Waals surface area contributed by atoms with Crippen molar-refractivity contribution in [1.29, 1.82) is 0 Å². The molecule has 3 fully saturated rings. The molecule has 2 aliphatic carbocycles. The van der Waals surface area contributed by atoms with Crippen molar-refractivity contribution < 1.29 is 0 Å². The Hall–Kier alpha value is -0.0400. The van der Waals surface area contributed by atoms with Crippen LogP contribution in [-0.4, -0.2) is 24.0 Å². The highest BCUT2D eigenvalue weighted by atomic mass is 15.3. The molecule has 13 heavy (non-hydrogen) atoms. The summed E-state index contributed by atoms with van der Waals surface area (Å²) in [5, 5.41) is 0. The Balaban J connectivity index is 1.65. The third-order valence-corrected chi connectivity index (χ3v) is 5.27. The van der Waals surface area contributed by atoms with Crippen LogP contribution >= 0.6 is 0 Å². The molecule has 3 aliphatic rings. The van der Waals surface area contributed by atoms with Gasteiger partial charge in [-0.15, -0.1) is 0 Å². The van der Waals surface area contributed by atoms with Crippen LogP contribution in [0.15, 0.2) is 0 Å². The van der Waals surface area contributed by atoms with E-state index >= 15 is 0 Å². The van der Waals surface area contributed by atoms with E-state index in [4.69, 9.17) is 0 Å². The van der Waals surface area contributed by atoms with Gasteiger partial charge in [0.05, 0.1) is 0 Å². The molecule has 0 aromatic rings. The van der Waals surface area contributed by atoms with Crippen LogP contribution in [0.4, 0.5) is 0 Å². The Morgan fingerprint density at radius 2 is 2.08 bits per heavy atom. The molecular weight excluding hydrogens is 158 g/mol. The Morgan fingerprint density at radius 3 is 2.46 bits per heavy atom. The summed E-state index contributed by atoms with van der Waals surface area (Å²) in [4.78, 5) is 2.66. The van der Waals surface area contributed by atoms with Crippen molar-refractivity contribution in [2.75, 3.05) is 7.05 Å². The van der Waals surface area contributed by atoms with Gasteiger partial charge in [-0.3, -0.25) is 4.90 Å². The molecule has 2 saturated carbocycles. The molecule has 0 radical (unpaired) electrons. The molecule has 5 atom stereocenters. The van der Waals surface area contributed by atoms with E-state index in [1.165, 1.54) is 19.3 Å². The molecular formula is C12H21N. The van der Waals surface area contributed by atoms with Crippen LogP contribution < -0.4 is 0 Å². The van der Waals surface area contributed by atoms with E-state index in [0.29, 0.717) is 0 Å². The van der Waals surface area contributed by atoms with Crippen molar-refractivity contribution in [2.24, 2.45) is 17.3 Å². The van der Waals surface area contributed by atoms with Gasteiger partial charge in [-0.2, -0.15) is 0 Å². The van der Waals surface area contributed by atoms with E-state index in [-0.39, 0.29) is 0 Å². The maximum atomic E-state index is 2.66. The van der Waals surface area contributed by atoms with E-state index in [9.17, 15) is 0 Å². The van der Waals surface area contributed by atoms with Crippen molar-refractivity contribution >= 4 is 0 Å². The summed E-state index contributed by atoms with van der Waals surface area (Å²) in [5.41, 5.74) is 0.856. The fourth-order valence-electron chi connectivity index (χ4n) is 4.14. The molecule has 0 bridgehead atoms. The van der Waals surface area contributed by atoms with Gasteiger partial charge >= 0.3 is 0 Å². The second-order valence-corrected chi connectivity index (χ2v) is 5.42. The predicted molar refractivity (Wildman–Crippen MR) is 54.6 cm³/mol. The zero-order valence-electron chi connectivity index (χ0n) is 9.09. The van der Waals surface area contributed by atoms with Gasteiger partial charge in [0.1, 0.15) is 0 Å². The number of likely N-dealkylation sites (tertiary alicyclic amines) is 1. The second kappa shape index (κ2) is 2.31. The minimum absolute atomic E-state index is 0.856. The first-order chi connectivity index (χ1) is 6.25.